The number of aliphatic hydroxyl groups is 1. The van der Waals surface area contributed by atoms with Gasteiger partial charge in [-0.1, -0.05) is 66.7 Å². The lowest BCUT2D eigenvalue weighted by molar-refractivity contribution is -0.127. The minimum Gasteiger partial charge on any atom is -0.390 e. The van der Waals surface area contributed by atoms with Gasteiger partial charge in [0.1, 0.15) is 0 Å². The largest absolute Gasteiger partial charge is 0.393 e. The summed E-state index contributed by atoms with van der Waals surface area (Å²) in [5.74, 6) is -0.721. The number of hydrogen-bond donors (Lipinski definition) is 3. The molecule has 2 amide bonds. The van der Waals surface area contributed by atoms with Gasteiger partial charge < -0.3 is 20.6 Å². The molecule has 1 aromatic heterocycles. The lowest BCUT2D eigenvalue weighted by Gasteiger charge is -2.25. The molecule has 0 aliphatic carbocycles. The molecule has 0 saturated heterocycles. The Hall–Kier alpha value is -4.54. The first-order valence-corrected chi connectivity index (χ1v) is 14.2. The molecule has 0 aliphatic rings. The quantitative estimate of drug-likeness (QED) is 0.201. The molecule has 0 fully saturated rings. The van der Waals surface area contributed by atoms with Gasteiger partial charge in [0.05, 0.1) is 30.8 Å². The van der Waals surface area contributed by atoms with Gasteiger partial charge in [0, 0.05) is 37.5 Å². The van der Waals surface area contributed by atoms with Crippen LogP contribution in [0.15, 0.2) is 103 Å². The number of alkyl halides is 3. The number of hydrogen-bond acceptors (Lipinski definition) is 5. The third-order valence-corrected chi connectivity index (χ3v) is 7.00. The average Bonchev–Trinajstić information content (AvgIpc) is 3.00. The van der Waals surface area contributed by atoms with Crippen molar-refractivity contribution in [1.82, 2.24) is 20.5 Å². The Labute approximate surface area is 254 Å². The zero-order valence-corrected chi connectivity index (χ0v) is 24.3. The highest BCUT2D eigenvalue weighted by molar-refractivity contribution is 5.99. The normalized spacial score (nSPS) is 12.8. The van der Waals surface area contributed by atoms with E-state index >= 15 is 0 Å². The number of benzene rings is 3. The Morgan fingerprint density at radius 2 is 1.55 bits per heavy atom. The summed E-state index contributed by atoms with van der Waals surface area (Å²) in [6.07, 6.45) is -4.34. The molecule has 230 valence electrons. The highest BCUT2D eigenvalue weighted by Crippen LogP contribution is 2.21. The molecule has 2 atom stereocenters. The topological polar surface area (TPSA) is 94.6 Å². The van der Waals surface area contributed by atoms with Crippen LogP contribution in [0.3, 0.4) is 0 Å². The van der Waals surface area contributed by atoms with Gasteiger partial charge in [-0.15, -0.1) is 0 Å². The second-order valence-electron chi connectivity index (χ2n) is 10.6. The van der Waals surface area contributed by atoms with Crippen LogP contribution in [0.1, 0.15) is 43.1 Å². The third kappa shape index (κ3) is 10.0. The summed E-state index contributed by atoms with van der Waals surface area (Å²) in [6, 6.07) is 26.7. The van der Waals surface area contributed by atoms with Gasteiger partial charge >= 0.3 is 6.18 Å². The van der Waals surface area contributed by atoms with Crippen molar-refractivity contribution >= 4 is 11.8 Å². The van der Waals surface area contributed by atoms with Crippen molar-refractivity contribution in [3.63, 3.8) is 0 Å². The number of aliphatic hydroxyl groups excluding tert-OH is 1. The van der Waals surface area contributed by atoms with Crippen LogP contribution in [0.4, 0.5) is 13.2 Å². The summed E-state index contributed by atoms with van der Waals surface area (Å²) in [6.45, 7) is 0.629. The first kappa shape index (κ1) is 32.4. The molecule has 0 unspecified atom stereocenters. The molecule has 44 heavy (non-hydrogen) atoms. The minimum atomic E-state index is -4.30. The molecule has 4 rings (SSSR count). The van der Waals surface area contributed by atoms with E-state index in [0.717, 1.165) is 11.3 Å². The van der Waals surface area contributed by atoms with Crippen LogP contribution in [0, 0.1) is 0 Å². The first-order valence-electron chi connectivity index (χ1n) is 14.2. The maximum absolute atomic E-state index is 13.4. The monoisotopic (exact) mass is 604 g/mol. The Morgan fingerprint density at radius 3 is 2.27 bits per heavy atom. The van der Waals surface area contributed by atoms with Gasteiger partial charge in [0.25, 0.3) is 11.8 Å². The van der Waals surface area contributed by atoms with Crippen LogP contribution < -0.4 is 10.6 Å². The molecule has 0 saturated carbocycles. The van der Waals surface area contributed by atoms with Crippen LogP contribution in [0.25, 0.3) is 0 Å². The van der Waals surface area contributed by atoms with E-state index in [4.69, 9.17) is 0 Å². The predicted molar refractivity (Wildman–Crippen MR) is 162 cm³/mol. The number of aromatic nitrogens is 1. The fourth-order valence-corrected chi connectivity index (χ4v) is 4.81. The highest BCUT2D eigenvalue weighted by Gasteiger charge is 2.27. The van der Waals surface area contributed by atoms with Crippen molar-refractivity contribution in [3.05, 3.63) is 137 Å². The molecule has 0 bridgehead atoms. The van der Waals surface area contributed by atoms with Crippen LogP contribution in [-0.2, 0) is 25.9 Å². The molecule has 0 radical (unpaired) electrons. The Kier molecular flexibility index (Phi) is 11.2. The van der Waals surface area contributed by atoms with E-state index in [1.165, 1.54) is 23.1 Å². The standard InChI is InChI=1S/C34H35F3N4O3/c1-41(23-29-15-5-6-16-39-29)33(44)28-14-8-13-27(19-28)32(43)40-30(18-24-9-3-2-4-10-24)31(42)22-38-21-26-12-7-11-25(17-26)20-34(35,36)37/h2-17,19,30-31,38,42H,18,20-23H2,1H3,(H,40,43)/t30-,31+/m0/s1. The zero-order chi connectivity index (χ0) is 31.5. The van der Waals surface area contributed by atoms with Crippen molar-refractivity contribution in [2.75, 3.05) is 13.6 Å². The van der Waals surface area contributed by atoms with E-state index in [1.54, 1.807) is 49.6 Å². The number of carbonyl (C=O) groups excluding carboxylic acids is 2. The first-order chi connectivity index (χ1) is 21.1. The number of carbonyl (C=O) groups is 2. The lowest BCUT2D eigenvalue weighted by Crippen LogP contribution is -2.48. The smallest absolute Gasteiger partial charge is 0.390 e. The fourth-order valence-electron chi connectivity index (χ4n) is 4.81. The van der Waals surface area contributed by atoms with Crippen LogP contribution in [-0.4, -0.2) is 58.7 Å². The van der Waals surface area contributed by atoms with Gasteiger partial charge in [0.15, 0.2) is 0 Å². The fraction of sp³-hybridized carbons (Fsp3) is 0.265. The summed E-state index contributed by atoms with van der Waals surface area (Å²) in [7, 11) is 1.66. The van der Waals surface area contributed by atoms with E-state index in [-0.39, 0.29) is 30.1 Å². The zero-order valence-electron chi connectivity index (χ0n) is 24.3. The average molecular weight is 605 g/mol. The Balaban J connectivity index is 1.41. The summed E-state index contributed by atoms with van der Waals surface area (Å²) in [5, 5.41) is 17.1. The van der Waals surface area contributed by atoms with Crippen LogP contribution in [0.5, 0.6) is 0 Å². The second-order valence-corrected chi connectivity index (χ2v) is 10.6. The third-order valence-electron chi connectivity index (χ3n) is 7.00. The molecule has 4 aromatic rings. The van der Waals surface area contributed by atoms with Crippen molar-refractivity contribution in [3.8, 4) is 0 Å². The van der Waals surface area contributed by atoms with E-state index in [1.807, 2.05) is 42.5 Å². The van der Waals surface area contributed by atoms with Gasteiger partial charge in [-0.3, -0.25) is 14.6 Å². The number of pyridine rings is 1. The number of amides is 2. The summed E-state index contributed by atoms with van der Waals surface area (Å²) >= 11 is 0. The van der Waals surface area contributed by atoms with Crippen LogP contribution in [0.2, 0.25) is 0 Å². The summed E-state index contributed by atoms with van der Waals surface area (Å²) < 4.78 is 38.4. The summed E-state index contributed by atoms with van der Waals surface area (Å²) in [5.41, 5.74) is 3.05. The number of nitrogens with zero attached hydrogens (tertiary/aromatic N) is 2. The molecule has 1 heterocycles. The van der Waals surface area contributed by atoms with Crippen molar-refractivity contribution < 1.29 is 27.9 Å². The molecular weight excluding hydrogens is 569 g/mol. The van der Waals surface area contributed by atoms with Gasteiger partial charge in [-0.2, -0.15) is 13.2 Å². The molecule has 3 aromatic carbocycles. The molecule has 0 aliphatic heterocycles. The van der Waals surface area contributed by atoms with E-state index in [0.29, 0.717) is 24.1 Å². The van der Waals surface area contributed by atoms with E-state index < -0.39 is 30.7 Å². The molecular formula is C34H35F3N4O3. The summed E-state index contributed by atoms with van der Waals surface area (Å²) in [4.78, 5) is 32.2. The Morgan fingerprint density at radius 1 is 0.864 bits per heavy atom. The highest BCUT2D eigenvalue weighted by atomic mass is 19.4. The van der Waals surface area contributed by atoms with Crippen molar-refractivity contribution in [2.45, 2.75) is 44.3 Å². The number of nitrogens with one attached hydrogen (secondary N) is 2. The predicted octanol–water partition coefficient (Wildman–Crippen LogP) is 4.95. The maximum atomic E-state index is 13.4. The maximum Gasteiger partial charge on any atom is 0.393 e. The second kappa shape index (κ2) is 15.3. The minimum absolute atomic E-state index is 0.0815. The molecule has 0 spiro atoms. The van der Waals surface area contributed by atoms with Crippen molar-refractivity contribution in [2.24, 2.45) is 0 Å². The van der Waals surface area contributed by atoms with E-state index in [9.17, 15) is 27.9 Å². The molecule has 7 nitrogen and oxygen atoms in total. The van der Waals surface area contributed by atoms with Gasteiger partial charge in [-0.05, 0) is 53.4 Å². The molecule has 10 heteroatoms. The molecule has 3 N–H and O–H groups in total. The van der Waals surface area contributed by atoms with Crippen molar-refractivity contribution in [1.29, 1.82) is 0 Å². The van der Waals surface area contributed by atoms with E-state index in [2.05, 4.69) is 15.6 Å². The van der Waals surface area contributed by atoms with Gasteiger partial charge in [0.2, 0.25) is 0 Å². The van der Waals surface area contributed by atoms with Crippen LogP contribution >= 0.6 is 0 Å². The SMILES string of the molecule is CN(Cc1ccccn1)C(=O)c1cccc(C(=O)N[C@@H](Cc2ccccc2)[C@H](O)CNCc2cccc(CC(F)(F)F)c2)c1. The lowest BCUT2D eigenvalue weighted by atomic mass is 10.00. The van der Waals surface area contributed by atoms with Gasteiger partial charge in [-0.25, -0.2) is 0 Å². The number of rotatable bonds is 13. The number of halogens is 3. The Bertz CT molecular complexity index is 1520.